The van der Waals surface area contributed by atoms with Gasteiger partial charge in [-0.05, 0) is 48.6 Å². The minimum Gasteiger partial charge on any atom is -0.337 e. The van der Waals surface area contributed by atoms with Crippen LogP contribution in [0.15, 0.2) is 18.2 Å². The summed E-state index contributed by atoms with van der Waals surface area (Å²) in [4.78, 5) is 26.5. The average molecular weight is 394 g/mol. The van der Waals surface area contributed by atoms with Crippen molar-refractivity contribution in [3.8, 4) is 0 Å². The van der Waals surface area contributed by atoms with Crippen LogP contribution in [0.1, 0.15) is 58.4 Å². The first kappa shape index (κ1) is 21.7. The van der Waals surface area contributed by atoms with Gasteiger partial charge in [0.2, 0.25) is 11.8 Å². The number of hydrogen-bond donors (Lipinski definition) is 2. The van der Waals surface area contributed by atoms with Crippen molar-refractivity contribution in [2.45, 2.75) is 59.4 Å². The molecule has 1 aliphatic rings. The molecule has 6 heteroatoms. The fraction of sp³-hybridized carbons (Fsp3) is 0.619. The van der Waals surface area contributed by atoms with Crippen LogP contribution in [-0.4, -0.2) is 29.8 Å². The van der Waals surface area contributed by atoms with Crippen molar-refractivity contribution in [1.82, 2.24) is 4.90 Å². The second-order valence-corrected chi connectivity index (χ2v) is 8.79. The van der Waals surface area contributed by atoms with Gasteiger partial charge in [-0.25, -0.2) is 0 Å². The second-order valence-electron chi connectivity index (χ2n) is 8.38. The molecular weight excluding hydrogens is 362 g/mol. The molecule has 0 aromatic heterocycles. The monoisotopic (exact) mass is 393 g/mol. The van der Waals surface area contributed by atoms with Gasteiger partial charge in [0, 0.05) is 36.6 Å². The molecule has 0 saturated heterocycles. The number of carbonyl (C=O) groups is 2. The van der Waals surface area contributed by atoms with Gasteiger partial charge in [-0.3, -0.25) is 9.59 Å². The first-order chi connectivity index (χ1) is 12.7. The van der Waals surface area contributed by atoms with Gasteiger partial charge >= 0.3 is 0 Å². The lowest BCUT2D eigenvalue weighted by molar-refractivity contribution is -0.138. The van der Waals surface area contributed by atoms with Gasteiger partial charge in [0.05, 0.1) is 0 Å². The van der Waals surface area contributed by atoms with Crippen LogP contribution in [0.3, 0.4) is 0 Å². The number of rotatable bonds is 7. The minimum absolute atomic E-state index is 0.0876. The van der Waals surface area contributed by atoms with Crippen molar-refractivity contribution in [2.75, 3.05) is 18.4 Å². The standard InChI is InChI=1S/C21H32ClN3O2/c1-15(26)24-18-9-10-19(22)17(11-18)12-25(14-21(2,3)13-23)20(27)16-7-5-4-6-8-16/h9-11,16H,4-8,12-14,23H2,1-3H3,(H,24,26). The van der Waals surface area contributed by atoms with E-state index in [1.165, 1.54) is 13.3 Å². The maximum Gasteiger partial charge on any atom is 0.226 e. The molecule has 150 valence electrons. The number of amides is 2. The molecule has 0 unspecified atom stereocenters. The summed E-state index contributed by atoms with van der Waals surface area (Å²) in [7, 11) is 0. The first-order valence-electron chi connectivity index (χ1n) is 9.77. The molecule has 2 rings (SSSR count). The van der Waals surface area contributed by atoms with E-state index in [1.54, 1.807) is 12.1 Å². The molecule has 0 heterocycles. The van der Waals surface area contributed by atoms with E-state index in [-0.39, 0.29) is 23.1 Å². The Kier molecular flexibility index (Phi) is 7.68. The summed E-state index contributed by atoms with van der Waals surface area (Å²) < 4.78 is 0. The van der Waals surface area contributed by atoms with E-state index in [4.69, 9.17) is 17.3 Å². The molecule has 1 saturated carbocycles. The third kappa shape index (κ3) is 6.51. The molecule has 0 radical (unpaired) electrons. The highest BCUT2D eigenvalue weighted by molar-refractivity contribution is 6.31. The summed E-state index contributed by atoms with van der Waals surface area (Å²) in [5.41, 5.74) is 7.27. The molecule has 2 amide bonds. The van der Waals surface area contributed by atoms with Crippen LogP contribution in [0, 0.1) is 11.3 Å². The Morgan fingerprint density at radius 1 is 1.26 bits per heavy atom. The average Bonchev–Trinajstić information content (AvgIpc) is 2.63. The second kappa shape index (κ2) is 9.56. The molecule has 5 nitrogen and oxygen atoms in total. The maximum absolute atomic E-state index is 13.2. The van der Waals surface area contributed by atoms with Crippen LogP contribution < -0.4 is 11.1 Å². The predicted molar refractivity (Wildman–Crippen MR) is 111 cm³/mol. The third-order valence-electron chi connectivity index (χ3n) is 5.16. The highest BCUT2D eigenvalue weighted by Gasteiger charge is 2.30. The van der Waals surface area contributed by atoms with E-state index in [9.17, 15) is 9.59 Å². The van der Waals surface area contributed by atoms with Gasteiger partial charge in [-0.1, -0.05) is 44.7 Å². The molecular formula is C21H32ClN3O2. The summed E-state index contributed by atoms with van der Waals surface area (Å²) in [5.74, 6) is 0.143. The van der Waals surface area contributed by atoms with E-state index in [0.29, 0.717) is 30.3 Å². The summed E-state index contributed by atoms with van der Waals surface area (Å²) in [6.45, 7) is 7.12. The topological polar surface area (TPSA) is 75.4 Å². The number of nitrogens with two attached hydrogens (primary N) is 1. The van der Waals surface area contributed by atoms with Crippen LogP contribution in [0.2, 0.25) is 5.02 Å². The molecule has 0 atom stereocenters. The van der Waals surface area contributed by atoms with Crippen LogP contribution in [0.5, 0.6) is 0 Å². The van der Waals surface area contributed by atoms with Crippen LogP contribution in [0.4, 0.5) is 5.69 Å². The summed E-state index contributed by atoms with van der Waals surface area (Å²) in [6, 6.07) is 5.38. The van der Waals surface area contributed by atoms with Gasteiger partial charge in [0.25, 0.3) is 0 Å². The van der Waals surface area contributed by atoms with Gasteiger partial charge in [0.1, 0.15) is 0 Å². The quantitative estimate of drug-likeness (QED) is 0.729. The summed E-state index contributed by atoms with van der Waals surface area (Å²) in [5, 5.41) is 3.37. The van der Waals surface area contributed by atoms with Crippen molar-refractivity contribution >= 4 is 29.1 Å². The van der Waals surface area contributed by atoms with Crippen LogP contribution in [-0.2, 0) is 16.1 Å². The number of hydrogen-bond acceptors (Lipinski definition) is 3. The molecule has 0 aliphatic heterocycles. The fourth-order valence-corrected chi connectivity index (χ4v) is 3.76. The van der Waals surface area contributed by atoms with E-state index < -0.39 is 0 Å². The Balaban J connectivity index is 2.25. The van der Waals surface area contributed by atoms with E-state index >= 15 is 0 Å². The lowest BCUT2D eigenvalue weighted by Gasteiger charge is -2.35. The van der Waals surface area contributed by atoms with Crippen molar-refractivity contribution in [3.05, 3.63) is 28.8 Å². The minimum atomic E-state index is -0.175. The van der Waals surface area contributed by atoms with E-state index in [0.717, 1.165) is 31.2 Å². The Labute approximate surface area is 167 Å². The third-order valence-corrected chi connectivity index (χ3v) is 5.53. The zero-order valence-electron chi connectivity index (χ0n) is 16.7. The normalized spacial score (nSPS) is 15.4. The number of halogens is 1. The number of anilines is 1. The Morgan fingerprint density at radius 2 is 1.93 bits per heavy atom. The van der Waals surface area contributed by atoms with Crippen molar-refractivity contribution in [3.63, 3.8) is 0 Å². The predicted octanol–water partition coefficient (Wildman–Crippen LogP) is 4.19. The molecule has 1 fully saturated rings. The number of nitrogens with zero attached hydrogens (tertiary/aromatic N) is 1. The van der Waals surface area contributed by atoms with E-state index in [2.05, 4.69) is 19.2 Å². The maximum atomic E-state index is 13.2. The van der Waals surface area contributed by atoms with E-state index in [1.807, 2.05) is 11.0 Å². The Morgan fingerprint density at radius 3 is 2.52 bits per heavy atom. The Hall–Kier alpha value is -1.59. The Bertz CT molecular complexity index is 669. The fourth-order valence-electron chi connectivity index (χ4n) is 3.58. The highest BCUT2D eigenvalue weighted by Crippen LogP contribution is 2.29. The lowest BCUT2D eigenvalue weighted by Crippen LogP contribution is -2.44. The lowest BCUT2D eigenvalue weighted by atomic mass is 9.86. The summed E-state index contributed by atoms with van der Waals surface area (Å²) >= 11 is 6.40. The molecule has 1 aromatic carbocycles. The number of benzene rings is 1. The highest BCUT2D eigenvalue weighted by atomic mass is 35.5. The van der Waals surface area contributed by atoms with Gasteiger partial charge in [-0.2, -0.15) is 0 Å². The summed E-state index contributed by atoms with van der Waals surface area (Å²) in [6.07, 6.45) is 5.35. The largest absolute Gasteiger partial charge is 0.337 e. The van der Waals surface area contributed by atoms with Crippen LogP contribution in [0.25, 0.3) is 0 Å². The SMILES string of the molecule is CC(=O)Nc1ccc(Cl)c(CN(CC(C)(C)CN)C(=O)C2CCCCC2)c1. The number of nitrogens with one attached hydrogen (secondary N) is 1. The van der Waals surface area contributed by atoms with Crippen molar-refractivity contribution in [1.29, 1.82) is 0 Å². The molecule has 0 bridgehead atoms. The van der Waals surface area contributed by atoms with Gasteiger partial charge < -0.3 is 16.0 Å². The molecule has 0 spiro atoms. The van der Waals surface area contributed by atoms with Crippen molar-refractivity contribution < 1.29 is 9.59 Å². The zero-order valence-corrected chi connectivity index (χ0v) is 17.4. The molecule has 1 aromatic rings. The first-order valence-corrected chi connectivity index (χ1v) is 10.1. The molecule has 1 aliphatic carbocycles. The molecule has 27 heavy (non-hydrogen) atoms. The number of carbonyl (C=O) groups excluding carboxylic acids is 2. The van der Waals surface area contributed by atoms with Gasteiger partial charge in [-0.15, -0.1) is 0 Å². The zero-order chi connectivity index (χ0) is 20.0. The van der Waals surface area contributed by atoms with Gasteiger partial charge in [0.15, 0.2) is 0 Å². The van der Waals surface area contributed by atoms with Crippen molar-refractivity contribution in [2.24, 2.45) is 17.1 Å². The molecule has 3 N–H and O–H groups in total. The van der Waals surface area contributed by atoms with Crippen LogP contribution >= 0.6 is 11.6 Å². The smallest absolute Gasteiger partial charge is 0.226 e.